The van der Waals surface area contributed by atoms with Crippen LogP contribution in [0.4, 0.5) is 0 Å². The number of nitriles is 1. The quantitative estimate of drug-likeness (QED) is 0.618. The van der Waals surface area contributed by atoms with Crippen LogP contribution in [0.5, 0.6) is 0 Å². The van der Waals surface area contributed by atoms with E-state index in [9.17, 15) is 14.9 Å². The molecule has 0 unspecified atom stereocenters. The molecule has 0 amide bonds. The lowest BCUT2D eigenvalue weighted by Gasteiger charge is -2.18. The van der Waals surface area contributed by atoms with Gasteiger partial charge in [0.1, 0.15) is 23.0 Å². The minimum absolute atomic E-state index is 0.00813. The molecule has 0 spiro atoms. The first-order valence-electron chi connectivity index (χ1n) is 8.19. The van der Waals surface area contributed by atoms with Crippen LogP contribution in [0.15, 0.2) is 57.7 Å². The summed E-state index contributed by atoms with van der Waals surface area (Å²) in [6, 6.07) is 16.4. The van der Waals surface area contributed by atoms with Crippen LogP contribution in [0.1, 0.15) is 36.0 Å². The van der Waals surface area contributed by atoms with Crippen molar-refractivity contribution in [3.63, 3.8) is 0 Å². The molecule has 5 heteroatoms. The second-order valence-electron chi connectivity index (χ2n) is 6.21. The largest absolute Gasteiger partial charge is 0.422 e. The first-order valence-corrected chi connectivity index (χ1v) is 8.57. The molecule has 0 aliphatic carbocycles. The van der Waals surface area contributed by atoms with Crippen LogP contribution in [-0.2, 0) is 11.2 Å². The Morgan fingerprint density at radius 2 is 1.88 bits per heavy atom. The van der Waals surface area contributed by atoms with Gasteiger partial charge in [-0.2, -0.15) is 5.26 Å². The molecule has 3 rings (SSSR count). The Hall–Kier alpha value is -2.90. The van der Waals surface area contributed by atoms with Gasteiger partial charge in [0, 0.05) is 16.8 Å². The standard InChI is InChI=1S/C21H16ClNO3/c1-13(24)10-15(14-6-8-16(22)9-7-14)11-18-17-4-2-3-5-20(17)26-21(25)19(18)12-23/h2-9,15H,10-11H2,1H3/t15-/m1/s1. The Morgan fingerprint density at radius 3 is 2.54 bits per heavy atom. The maximum Gasteiger partial charge on any atom is 0.354 e. The van der Waals surface area contributed by atoms with Crippen molar-refractivity contribution in [3.05, 3.63) is 80.7 Å². The number of nitrogens with zero attached hydrogens (tertiary/aromatic N) is 1. The van der Waals surface area contributed by atoms with Gasteiger partial charge in [-0.15, -0.1) is 0 Å². The van der Waals surface area contributed by atoms with E-state index < -0.39 is 5.63 Å². The molecule has 1 aromatic heterocycles. The molecule has 0 bridgehead atoms. The van der Waals surface area contributed by atoms with Crippen LogP contribution >= 0.6 is 11.6 Å². The van der Waals surface area contributed by atoms with Crippen LogP contribution in [-0.4, -0.2) is 5.78 Å². The van der Waals surface area contributed by atoms with Crippen molar-refractivity contribution in [1.82, 2.24) is 0 Å². The zero-order valence-electron chi connectivity index (χ0n) is 14.2. The SMILES string of the molecule is CC(=O)C[C@H](Cc1c(C#N)c(=O)oc2ccccc12)c1ccc(Cl)cc1. The number of Topliss-reactive ketones (excluding diaryl/α,β-unsaturated/α-hetero) is 1. The Kier molecular flexibility index (Phi) is 5.20. The van der Waals surface area contributed by atoms with Crippen LogP contribution in [0.3, 0.4) is 0 Å². The molecule has 1 heterocycles. The number of carbonyl (C=O) groups excluding carboxylic acids is 1. The molecule has 0 aliphatic heterocycles. The molecule has 130 valence electrons. The number of hydrogen-bond donors (Lipinski definition) is 0. The molecule has 0 saturated heterocycles. The molecule has 0 aliphatic rings. The van der Waals surface area contributed by atoms with E-state index in [-0.39, 0.29) is 17.3 Å². The lowest BCUT2D eigenvalue weighted by atomic mass is 9.86. The van der Waals surface area contributed by atoms with Gasteiger partial charge in [0.15, 0.2) is 0 Å². The summed E-state index contributed by atoms with van der Waals surface area (Å²) in [5.41, 5.74) is 1.32. The minimum atomic E-state index is -0.654. The van der Waals surface area contributed by atoms with Gasteiger partial charge in [0.05, 0.1) is 0 Å². The van der Waals surface area contributed by atoms with Crippen molar-refractivity contribution >= 4 is 28.4 Å². The third-order valence-electron chi connectivity index (χ3n) is 4.36. The topological polar surface area (TPSA) is 71.1 Å². The molecule has 26 heavy (non-hydrogen) atoms. The predicted octanol–water partition coefficient (Wildman–Crippen LogP) is 4.62. The lowest BCUT2D eigenvalue weighted by molar-refractivity contribution is -0.117. The lowest BCUT2D eigenvalue weighted by Crippen LogP contribution is -2.14. The number of hydrogen-bond acceptors (Lipinski definition) is 4. The zero-order valence-corrected chi connectivity index (χ0v) is 14.9. The summed E-state index contributed by atoms with van der Waals surface area (Å²) in [6.07, 6.45) is 0.692. The van der Waals surface area contributed by atoms with E-state index >= 15 is 0 Å². The van der Waals surface area contributed by atoms with E-state index in [0.717, 1.165) is 5.56 Å². The highest BCUT2D eigenvalue weighted by Crippen LogP contribution is 2.30. The third-order valence-corrected chi connectivity index (χ3v) is 4.61. The van der Waals surface area contributed by atoms with Gasteiger partial charge in [0.2, 0.25) is 0 Å². The van der Waals surface area contributed by atoms with Gasteiger partial charge in [0.25, 0.3) is 0 Å². The van der Waals surface area contributed by atoms with Crippen molar-refractivity contribution in [3.8, 4) is 6.07 Å². The average molecular weight is 366 g/mol. The summed E-state index contributed by atoms with van der Waals surface area (Å²) in [7, 11) is 0. The smallest absolute Gasteiger partial charge is 0.354 e. The molecule has 4 nitrogen and oxygen atoms in total. The summed E-state index contributed by atoms with van der Waals surface area (Å²) in [4.78, 5) is 24.0. The van der Waals surface area contributed by atoms with Gasteiger partial charge in [-0.05, 0) is 48.6 Å². The zero-order chi connectivity index (χ0) is 18.7. The Bertz CT molecular complexity index is 1060. The number of halogens is 1. The summed E-state index contributed by atoms with van der Waals surface area (Å²) in [5.74, 6) is -0.127. The van der Waals surface area contributed by atoms with Gasteiger partial charge in [-0.25, -0.2) is 4.79 Å². The number of rotatable bonds is 5. The highest BCUT2D eigenvalue weighted by molar-refractivity contribution is 6.30. The Morgan fingerprint density at radius 1 is 1.19 bits per heavy atom. The minimum Gasteiger partial charge on any atom is -0.422 e. The number of fused-ring (bicyclic) bond motifs is 1. The van der Waals surface area contributed by atoms with Crippen molar-refractivity contribution in [2.75, 3.05) is 0 Å². The van der Waals surface area contributed by atoms with Gasteiger partial charge >= 0.3 is 5.63 Å². The van der Waals surface area contributed by atoms with Crippen LogP contribution < -0.4 is 5.63 Å². The van der Waals surface area contributed by atoms with Crippen LogP contribution in [0, 0.1) is 11.3 Å². The van der Waals surface area contributed by atoms with Crippen molar-refractivity contribution in [2.24, 2.45) is 0 Å². The molecule has 0 saturated carbocycles. The number of para-hydroxylation sites is 1. The van der Waals surface area contributed by atoms with Crippen molar-refractivity contribution in [2.45, 2.75) is 25.7 Å². The fourth-order valence-corrected chi connectivity index (χ4v) is 3.30. The fourth-order valence-electron chi connectivity index (χ4n) is 3.18. The van der Waals surface area contributed by atoms with E-state index in [1.807, 2.05) is 30.3 Å². The average Bonchev–Trinajstić information content (AvgIpc) is 2.61. The highest BCUT2D eigenvalue weighted by atomic mass is 35.5. The molecule has 0 fully saturated rings. The second-order valence-corrected chi connectivity index (χ2v) is 6.65. The van der Waals surface area contributed by atoms with E-state index in [1.165, 1.54) is 6.92 Å². The predicted molar refractivity (Wildman–Crippen MR) is 100 cm³/mol. The van der Waals surface area contributed by atoms with E-state index in [4.69, 9.17) is 16.0 Å². The molecule has 3 aromatic rings. The molecular weight excluding hydrogens is 350 g/mol. The van der Waals surface area contributed by atoms with Gasteiger partial charge in [-0.1, -0.05) is 41.9 Å². The Labute approximate surface area is 155 Å². The van der Waals surface area contributed by atoms with E-state index in [2.05, 4.69) is 0 Å². The van der Waals surface area contributed by atoms with Crippen molar-refractivity contribution < 1.29 is 9.21 Å². The summed E-state index contributed by atoms with van der Waals surface area (Å²) >= 11 is 5.97. The van der Waals surface area contributed by atoms with E-state index in [1.54, 1.807) is 24.3 Å². The fraction of sp³-hybridized carbons (Fsp3) is 0.190. The molecule has 0 radical (unpaired) electrons. The number of carbonyl (C=O) groups is 1. The summed E-state index contributed by atoms with van der Waals surface area (Å²) in [5, 5.41) is 10.8. The van der Waals surface area contributed by atoms with Crippen LogP contribution in [0.2, 0.25) is 5.02 Å². The number of ketones is 1. The maximum absolute atomic E-state index is 12.2. The summed E-state index contributed by atoms with van der Waals surface area (Å²) < 4.78 is 5.25. The van der Waals surface area contributed by atoms with Gasteiger partial charge in [-0.3, -0.25) is 0 Å². The first kappa shape index (κ1) is 17.9. The van der Waals surface area contributed by atoms with Gasteiger partial charge < -0.3 is 9.21 Å². The normalized spacial score (nSPS) is 11.9. The first-order chi connectivity index (χ1) is 12.5. The highest BCUT2D eigenvalue weighted by Gasteiger charge is 2.21. The van der Waals surface area contributed by atoms with Crippen molar-refractivity contribution in [1.29, 1.82) is 5.26 Å². The Balaban J connectivity index is 2.14. The second kappa shape index (κ2) is 7.55. The van der Waals surface area contributed by atoms with Crippen LogP contribution in [0.25, 0.3) is 11.0 Å². The monoisotopic (exact) mass is 365 g/mol. The third kappa shape index (κ3) is 3.68. The molecular formula is C21H16ClNO3. The maximum atomic E-state index is 12.2. The summed E-state index contributed by atoms with van der Waals surface area (Å²) in [6.45, 7) is 1.53. The molecule has 2 aromatic carbocycles. The molecule has 1 atom stereocenters. The number of benzene rings is 2. The molecule has 0 N–H and O–H groups in total. The van der Waals surface area contributed by atoms with E-state index in [0.29, 0.717) is 34.4 Å².